The summed E-state index contributed by atoms with van der Waals surface area (Å²) in [7, 11) is 0. The van der Waals surface area contributed by atoms with Crippen molar-refractivity contribution in [2.75, 3.05) is 6.61 Å². The highest BCUT2D eigenvalue weighted by atomic mass is 16.5. The fourth-order valence-corrected chi connectivity index (χ4v) is 0.710. The lowest BCUT2D eigenvalue weighted by molar-refractivity contribution is -0.139. The summed E-state index contributed by atoms with van der Waals surface area (Å²) in [6.07, 6.45) is 1.33. The molecule has 0 aliphatic heterocycles. The molecule has 0 bridgehead atoms. The Morgan fingerprint density at radius 2 is 1.87 bits per heavy atom. The zero-order valence-corrected chi connectivity index (χ0v) is 7.80. The van der Waals surface area contributed by atoms with Crippen LogP contribution in [0.25, 0.3) is 0 Å². The molecule has 0 atom stereocenters. The molecule has 0 aliphatic rings. The molecule has 6 nitrogen and oxygen atoms in total. The van der Waals surface area contributed by atoms with Gasteiger partial charge in [0, 0.05) is 24.1 Å². The summed E-state index contributed by atoms with van der Waals surface area (Å²) in [5.74, 6) is -3.40. The molecule has 0 fully saturated rings. The summed E-state index contributed by atoms with van der Waals surface area (Å²) < 4.78 is 4.50. The second kappa shape index (κ2) is 6.36. The maximum atomic E-state index is 10.6. The quantitative estimate of drug-likeness (QED) is 0.484. The molecule has 0 aromatic carbocycles. The molecule has 15 heavy (non-hydrogen) atoms. The molecule has 0 amide bonds. The van der Waals surface area contributed by atoms with Crippen LogP contribution in [0.4, 0.5) is 0 Å². The van der Waals surface area contributed by atoms with Crippen molar-refractivity contribution in [3.63, 3.8) is 0 Å². The molecule has 0 saturated carbocycles. The van der Waals surface area contributed by atoms with E-state index in [1.54, 1.807) is 0 Å². The Kier molecular flexibility index (Phi) is 5.47. The Morgan fingerprint density at radius 1 is 1.27 bits per heavy atom. The van der Waals surface area contributed by atoms with Crippen LogP contribution in [-0.2, 0) is 19.1 Å². The van der Waals surface area contributed by atoms with Crippen molar-refractivity contribution >= 4 is 17.9 Å². The van der Waals surface area contributed by atoms with E-state index in [-0.39, 0.29) is 18.6 Å². The van der Waals surface area contributed by atoms with E-state index >= 15 is 0 Å². The van der Waals surface area contributed by atoms with Gasteiger partial charge in [0.2, 0.25) is 0 Å². The van der Waals surface area contributed by atoms with Gasteiger partial charge in [-0.3, -0.25) is 0 Å². The van der Waals surface area contributed by atoms with Gasteiger partial charge in [0.15, 0.2) is 0 Å². The first-order chi connectivity index (χ1) is 6.97. The van der Waals surface area contributed by atoms with E-state index in [0.717, 1.165) is 6.08 Å². The fraction of sp³-hybridized carbons (Fsp3) is 0.222. The molecule has 2 N–H and O–H groups in total. The first-order valence-electron chi connectivity index (χ1n) is 3.93. The molecule has 0 rings (SSSR count). The first-order valence-corrected chi connectivity index (χ1v) is 3.93. The number of ether oxygens (including phenoxy) is 1. The fourth-order valence-electron chi connectivity index (χ4n) is 0.710. The number of carbonyl (C=O) groups is 3. The Bertz CT molecular complexity index is 315. The van der Waals surface area contributed by atoms with E-state index in [1.807, 2.05) is 0 Å². The average molecular weight is 214 g/mol. The van der Waals surface area contributed by atoms with Crippen molar-refractivity contribution in [3.8, 4) is 0 Å². The molecule has 0 aromatic rings. The third-order valence-electron chi connectivity index (χ3n) is 1.35. The van der Waals surface area contributed by atoms with Gasteiger partial charge in [-0.2, -0.15) is 0 Å². The largest absolute Gasteiger partial charge is 0.478 e. The van der Waals surface area contributed by atoms with Gasteiger partial charge in [-0.1, -0.05) is 6.58 Å². The van der Waals surface area contributed by atoms with Gasteiger partial charge in [0.1, 0.15) is 0 Å². The van der Waals surface area contributed by atoms with Gasteiger partial charge in [-0.15, -0.1) is 0 Å². The Morgan fingerprint density at radius 3 is 2.27 bits per heavy atom. The maximum absolute atomic E-state index is 10.6. The summed E-state index contributed by atoms with van der Waals surface area (Å²) in [6.45, 7) is 2.94. The van der Waals surface area contributed by atoms with Crippen LogP contribution in [0.3, 0.4) is 0 Å². The minimum absolute atomic E-state index is 0.165. The van der Waals surface area contributed by atoms with Crippen LogP contribution in [0.2, 0.25) is 0 Å². The second-order valence-electron chi connectivity index (χ2n) is 2.43. The molecular formula is C9H10O6. The van der Waals surface area contributed by atoms with Crippen molar-refractivity contribution in [1.82, 2.24) is 0 Å². The van der Waals surface area contributed by atoms with Crippen molar-refractivity contribution in [1.29, 1.82) is 0 Å². The highest BCUT2D eigenvalue weighted by Gasteiger charge is 2.10. The number of rotatable bonds is 6. The van der Waals surface area contributed by atoms with Crippen molar-refractivity contribution in [2.24, 2.45) is 0 Å². The zero-order valence-electron chi connectivity index (χ0n) is 7.80. The number of carboxylic acids is 2. The zero-order chi connectivity index (χ0) is 11.8. The Labute approximate surface area is 85.5 Å². The average Bonchev–Trinajstić information content (AvgIpc) is 2.15. The summed E-state index contributed by atoms with van der Waals surface area (Å²) in [6, 6.07) is 0. The van der Waals surface area contributed by atoms with Crippen LogP contribution in [0, 0.1) is 0 Å². The number of carboxylic acid groups (broad SMARTS) is 2. The number of hydrogen-bond acceptors (Lipinski definition) is 4. The summed E-state index contributed by atoms with van der Waals surface area (Å²) >= 11 is 0. The van der Waals surface area contributed by atoms with Crippen LogP contribution in [0.5, 0.6) is 0 Å². The molecule has 0 spiro atoms. The topological polar surface area (TPSA) is 101 Å². The molecule has 0 heterocycles. The standard InChI is InChI=1S/C9H10O6/c1-2-8(12)15-4-3-6(9(13)14)5-7(10)11/h2,5H,1,3-4H2,(H,10,11)(H,13,14). The van der Waals surface area contributed by atoms with Gasteiger partial charge < -0.3 is 14.9 Å². The van der Waals surface area contributed by atoms with Crippen molar-refractivity contribution in [3.05, 3.63) is 24.3 Å². The van der Waals surface area contributed by atoms with Gasteiger partial charge in [-0.05, 0) is 0 Å². The molecule has 0 aromatic heterocycles. The van der Waals surface area contributed by atoms with Crippen molar-refractivity contribution in [2.45, 2.75) is 6.42 Å². The first kappa shape index (κ1) is 12.9. The number of esters is 1. The Balaban J connectivity index is 4.21. The molecule has 0 aliphatic carbocycles. The van der Waals surface area contributed by atoms with Gasteiger partial charge in [0.25, 0.3) is 0 Å². The summed E-state index contributed by atoms with van der Waals surface area (Å²) in [5, 5.41) is 16.9. The second-order valence-corrected chi connectivity index (χ2v) is 2.43. The van der Waals surface area contributed by atoms with Crippen molar-refractivity contribution < 1.29 is 29.3 Å². The van der Waals surface area contributed by atoms with E-state index in [0.29, 0.717) is 6.08 Å². The minimum atomic E-state index is -1.36. The maximum Gasteiger partial charge on any atom is 0.331 e. The minimum Gasteiger partial charge on any atom is -0.478 e. The van der Waals surface area contributed by atoms with Gasteiger partial charge in [-0.25, -0.2) is 14.4 Å². The van der Waals surface area contributed by atoms with Crippen LogP contribution >= 0.6 is 0 Å². The van der Waals surface area contributed by atoms with E-state index in [2.05, 4.69) is 11.3 Å². The van der Waals surface area contributed by atoms with E-state index in [9.17, 15) is 14.4 Å². The number of aliphatic carboxylic acids is 2. The predicted octanol–water partition coefficient (Wildman–Crippen LogP) is 0.201. The van der Waals surface area contributed by atoms with Gasteiger partial charge >= 0.3 is 17.9 Å². The molecule has 0 radical (unpaired) electrons. The molecule has 0 saturated heterocycles. The SMILES string of the molecule is C=CC(=O)OCCC(=CC(=O)O)C(=O)O. The third kappa shape index (κ3) is 6.03. The number of hydrogen-bond donors (Lipinski definition) is 2. The summed E-state index contributed by atoms with van der Waals surface area (Å²) in [4.78, 5) is 31.3. The lowest BCUT2D eigenvalue weighted by Crippen LogP contribution is -2.09. The smallest absolute Gasteiger partial charge is 0.331 e. The third-order valence-corrected chi connectivity index (χ3v) is 1.35. The lowest BCUT2D eigenvalue weighted by Gasteiger charge is -2.02. The highest BCUT2D eigenvalue weighted by Crippen LogP contribution is 2.02. The predicted molar refractivity (Wildman–Crippen MR) is 49.1 cm³/mol. The van der Waals surface area contributed by atoms with Crippen LogP contribution < -0.4 is 0 Å². The number of carbonyl (C=O) groups excluding carboxylic acids is 1. The van der Waals surface area contributed by atoms with E-state index in [4.69, 9.17) is 10.2 Å². The van der Waals surface area contributed by atoms with Crippen LogP contribution in [0.1, 0.15) is 6.42 Å². The molecule has 0 unspecified atom stereocenters. The molecular weight excluding hydrogens is 204 g/mol. The molecule has 6 heteroatoms. The Hall–Kier alpha value is -2.11. The highest BCUT2D eigenvalue weighted by molar-refractivity contribution is 5.94. The van der Waals surface area contributed by atoms with Gasteiger partial charge in [0.05, 0.1) is 6.61 Å². The van der Waals surface area contributed by atoms with E-state index in [1.165, 1.54) is 0 Å². The molecule has 82 valence electrons. The van der Waals surface area contributed by atoms with E-state index < -0.39 is 17.9 Å². The summed E-state index contributed by atoms with van der Waals surface area (Å²) in [5.41, 5.74) is -0.334. The monoisotopic (exact) mass is 214 g/mol. The van der Waals surface area contributed by atoms with Crippen LogP contribution in [-0.4, -0.2) is 34.7 Å². The van der Waals surface area contributed by atoms with Crippen LogP contribution in [0.15, 0.2) is 24.3 Å². The normalized spacial score (nSPS) is 10.5. The lowest BCUT2D eigenvalue weighted by atomic mass is 10.2.